The highest BCUT2D eigenvalue weighted by molar-refractivity contribution is 6.38. The van der Waals surface area contributed by atoms with Gasteiger partial charge in [-0.05, 0) is 55.6 Å². The van der Waals surface area contributed by atoms with E-state index in [-0.39, 0.29) is 50.3 Å². The summed E-state index contributed by atoms with van der Waals surface area (Å²) in [6.45, 7) is 7.24. The monoisotopic (exact) mass is 799 g/mol. The average molecular weight is 800 g/mol. The summed E-state index contributed by atoms with van der Waals surface area (Å²) in [5, 5.41) is 12.0. The summed E-state index contributed by atoms with van der Waals surface area (Å²) in [5.41, 5.74) is -0.140. The number of hydrogen-bond acceptors (Lipinski definition) is 11. The lowest BCUT2D eigenvalue weighted by Gasteiger charge is -2.37. The van der Waals surface area contributed by atoms with Gasteiger partial charge in [-0.25, -0.2) is 15.0 Å². The van der Waals surface area contributed by atoms with Gasteiger partial charge in [0.1, 0.15) is 36.3 Å². The van der Waals surface area contributed by atoms with Gasteiger partial charge >= 0.3 is 0 Å². The van der Waals surface area contributed by atoms with E-state index >= 15 is 0 Å². The summed E-state index contributed by atoms with van der Waals surface area (Å²) >= 11 is 0. The van der Waals surface area contributed by atoms with Crippen LogP contribution in [0.5, 0.6) is 5.88 Å². The number of benzene rings is 1. The molecule has 0 bridgehead atoms. The number of carbonyl (C=O) groups is 6. The zero-order chi connectivity index (χ0) is 40.7. The summed E-state index contributed by atoms with van der Waals surface area (Å²) in [7, 11) is 0. The first kappa shape index (κ1) is 43.6. The Hall–Kier alpha value is -5.54. The van der Waals surface area contributed by atoms with Crippen LogP contribution in [-0.2, 0) is 24.0 Å². The van der Waals surface area contributed by atoms with Crippen LogP contribution in [0.25, 0.3) is 10.9 Å². The molecule has 2 saturated carbocycles. The highest BCUT2D eigenvalue weighted by atomic mass is 16.5. The molecule has 1 aliphatic heterocycles. The third-order valence-electron chi connectivity index (χ3n) is 10.9. The molecule has 58 heavy (non-hydrogen) atoms. The zero-order valence-electron chi connectivity index (χ0n) is 33.0. The average Bonchev–Trinajstić information content (AvgIpc) is 3.93. The number of nitrogens with zero attached hydrogens (tertiary/aromatic N) is 5. The SMILES string of the molecule is C.CCC[C@H](NC(=O)[C@@H]1C[C@@H](Oc2ncnc3ccccc23)CN1C(=O)[C@@H](NC(=O)[C@@H](NC(=O)c1cnccn1)C1CCCCC1)C(C)(C)C)C(=O)C(=O)NC1CC1. The molecule has 2 aromatic heterocycles. The van der Waals surface area contributed by atoms with Crippen LogP contribution >= 0.6 is 0 Å². The summed E-state index contributed by atoms with van der Waals surface area (Å²) < 4.78 is 6.39. The molecule has 3 aliphatic rings. The van der Waals surface area contributed by atoms with Crippen LogP contribution in [0.15, 0.2) is 49.2 Å². The van der Waals surface area contributed by atoms with Crippen molar-refractivity contribution in [3.05, 3.63) is 54.9 Å². The summed E-state index contributed by atoms with van der Waals surface area (Å²) in [4.78, 5) is 101. The molecule has 6 rings (SSSR count). The molecule has 3 heterocycles. The molecule has 0 radical (unpaired) electrons. The molecule has 0 unspecified atom stereocenters. The Labute approximate surface area is 339 Å². The number of carbonyl (C=O) groups excluding carboxylic acids is 6. The highest BCUT2D eigenvalue weighted by Gasteiger charge is 2.47. The number of amides is 5. The summed E-state index contributed by atoms with van der Waals surface area (Å²) in [6, 6.07) is 2.94. The van der Waals surface area contributed by atoms with E-state index in [4.69, 9.17) is 4.74 Å². The smallest absolute Gasteiger partial charge is 0.289 e. The normalized spacial score (nSPS) is 19.8. The largest absolute Gasteiger partial charge is 0.472 e. The van der Waals surface area contributed by atoms with Crippen molar-refractivity contribution in [2.45, 2.75) is 136 Å². The van der Waals surface area contributed by atoms with E-state index in [0.29, 0.717) is 30.2 Å². The van der Waals surface area contributed by atoms with Crippen molar-refractivity contribution >= 4 is 46.2 Å². The topological polar surface area (TPSA) is 215 Å². The van der Waals surface area contributed by atoms with Gasteiger partial charge in [0.25, 0.3) is 11.8 Å². The number of fused-ring (bicyclic) bond motifs is 1. The number of hydrogen-bond donors (Lipinski definition) is 4. The lowest BCUT2D eigenvalue weighted by Crippen LogP contribution is -2.62. The van der Waals surface area contributed by atoms with Gasteiger partial charge in [-0.2, -0.15) is 0 Å². The Morgan fingerprint density at radius 2 is 1.66 bits per heavy atom. The molecule has 16 nitrogen and oxygen atoms in total. The molecule has 3 aromatic rings. The van der Waals surface area contributed by atoms with Gasteiger partial charge in [-0.1, -0.05) is 72.9 Å². The second kappa shape index (κ2) is 19.3. The molecule has 4 N–H and O–H groups in total. The second-order valence-electron chi connectivity index (χ2n) is 16.4. The van der Waals surface area contributed by atoms with E-state index in [1.807, 2.05) is 52.0 Å². The molecule has 1 saturated heterocycles. The van der Waals surface area contributed by atoms with Crippen LogP contribution in [0, 0.1) is 11.3 Å². The molecule has 1 aromatic carbocycles. The summed E-state index contributed by atoms with van der Waals surface area (Å²) in [5.74, 6) is -3.63. The van der Waals surface area contributed by atoms with Crippen LogP contribution in [0.4, 0.5) is 0 Å². The number of nitrogens with one attached hydrogen (secondary N) is 4. The van der Waals surface area contributed by atoms with Crippen molar-refractivity contribution in [2.75, 3.05) is 6.54 Å². The van der Waals surface area contributed by atoms with Crippen molar-refractivity contribution < 1.29 is 33.5 Å². The molecule has 5 atom stereocenters. The van der Waals surface area contributed by atoms with Crippen molar-refractivity contribution in [1.82, 2.24) is 46.1 Å². The molecule has 2 aliphatic carbocycles. The second-order valence-corrected chi connectivity index (χ2v) is 16.4. The van der Waals surface area contributed by atoms with Crippen molar-refractivity contribution in [3.63, 3.8) is 0 Å². The lowest BCUT2D eigenvalue weighted by atomic mass is 9.82. The fraction of sp³-hybridized carbons (Fsp3) is 0.571. The number of aromatic nitrogens is 4. The van der Waals surface area contributed by atoms with Crippen LogP contribution in [-0.4, -0.2) is 103 Å². The van der Waals surface area contributed by atoms with Gasteiger partial charge in [0, 0.05) is 24.9 Å². The minimum absolute atomic E-state index is 0. The first-order valence-corrected chi connectivity index (χ1v) is 20.0. The predicted octanol–water partition coefficient (Wildman–Crippen LogP) is 3.45. The number of Topliss-reactive ketones (excluding diaryl/α,β-unsaturated/α-hetero) is 1. The quantitative estimate of drug-likeness (QED) is 0.164. The molecule has 3 fully saturated rings. The predicted molar refractivity (Wildman–Crippen MR) is 215 cm³/mol. The first-order valence-electron chi connectivity index (χ1n) is 20.0. The van der Waals surface area contributed by atoms with Crippen LogP contribution < -0.4 is 26.0 Å². The Bertz CT molecular complexity index is 1940. The van der Waals surface area contributed by atoms with Crippen LogP contribution in [0.1, 0.15) is 110 Å². The highest BCUT2D eigenvalue weighted by Crippen LogP contribution is 2.31. The van der Waals surface area contributed by atoms with Gasteiger partial charge < -0.3 is 30.9 Å². The van der Waals surface area contributed by atoms with E-state index in [1.54, 1.807) is 0 Å². The van der Waals surface area contributed by atoms with E-state index in [0.717, 1.165) is 32.1 Å². The molecule has 16 heteroatoms. The van der Waals surface area contributed by atoms with E-state index in [9.17, 15) is 28.8 Å². The minimum atomic E-state index is -1.14. The van der Waals surface area contributed by atoms with Crippen molar-refractivity contribution in [2.24, 2.45) is 11.3 Å². The first-order chi connectivity index (χ1) is 27.3. The van der Waals surface area contributed by atoms with Gasteiger partial charge in [-0.15, -0.1) is 0 Å². The fourth-order valence-corrected chi connectivity index (χ4v) is 7.62. The maximum atomic E-state index is 14.9. The van der Waals surface area contributed by atoms with Crippen LogP contribution in [0.3, 0.4) is 0 Å². The molecule has 0 spiro atoms. The Kier molecular flexibility index (Phi) is 14.5. The third-order valence-corrected chi connectivity index (χ3v) is 10.9. The molecule has 312 valence electrons. The van der Waals surface area contributed by atoms with Crippen molar-refractivity contribution in [3.8, 4) is 5.88 Å². The number of likely N-dealkylation sites (tertiary alicyclic amines) is 1. The zero-order valence-corrected chi connectivity index (χ0v) is 33.0. The van der Waals surface area contributed by atoms with Gasteiger partial charge in [0.2, 0.25) is 29.4 Å². The maximum absolute atomic E-state index is 14.9. The van der Waals surface area contributed by atoms with Gasteiger partial charge in [-0.3, -0.25) is 33.8 Å². The fourth-order valence-electron chi connectivity index (χ4n) is 7.62. The lowest BCUT2D eigenvalue weighted by molar-refractivity contribution is -0.145. The molecular formula is C42H57N9O7. The van der Waals surface area contributed by atoms with Gasteiger partial charge in [0.15, 0.2) is 0 Å². The number of ether oxygens (including phenoxy) is 1. The van der Waals surface area contributed by atoms with E-state index in [1.165, 1.54) is 29.8 Å². The summed E-state index contributed by atoms with van der Waals surface area (Å²) in [6.07, 6.45) is 11.5. The minimum Gasteiger partial charge on any atom is -0.472 e. The number of para-hydroxylation sites is 1. The number of ketones is 1. The molecule has 5 amide bonds. The number of rotatable bonds is 15. The Balaban J connectivity index is 0.00000641. The van der Waals surface area contributed by atoms with Gasteiger partial charge in [0.05, 0.1) is 29.7 Å². The van der Waals surface area contributed by atoms with E-state index in [2.05, 4.69) is 41.2 Å². The standard InChI is InChI=1S/C41H53N9O7.CH4/c1-5-11-29(33(51)38(55)46-25-16-17-25)47-36(53)31-20-26(57-39-27-14-9-10-15-28(27)44-23-45-39)22-50(31)40(56)34(41(2,3)4)49-37(54)32(24-12-7-6-8-13-24)48-35(52)30-21-42-18-19-43-30;/h9-10,14-15,18-19,21,23-26,29,31-32,34H,5-8,11-13,16-17,20,22H2,1-4H3,(H,46,55)(H,47,53)(H,48,52)(H,49,54);1H4/t26-,29+,31+,32+,34-;/m1./s1. The Morgan fingerprint density at radius 3 is 2.33 bits per heavy atom. The third kappa shape index (κ3) is 10.7. The maximum Gasteiger partial charge on any atom is 0.289 e. The molecular weight excluding hydrogens is 743 g/mol. The van der Waals surface area contributed by atoms with Crippen LogP contribution in [0.2, 0.25) is 0 Å². The van der Waals surface area contributed by atoms with E-state index < -0.39 is 71.0 Å². The Morgan fingerprint density at radius 1 is 0.914 bits per heavy atom. The van der Waals surface area contributed by atoms with Crippen molar-refractivity contribution in [1.29, 1.82) is 0 Å².